The molecule has 0 bridgehead atoms. The lowest BCUT2D eigenvalue weighted by atomic mass is 10.1. The number of amides is 1. The Morgan fingerprint density at radius 1 is 1.27 bits per heavy atom. The fourth-order valence-corrected chi connectivity index (χ4v) is 3.94. The van der Waals surface area contributed by atoms with Crippen LogP contribution in [-0.2, 0) is 11.2 Å². The van der Waals surface area contributed by atoms with Gasteiger partial charge in [0.1, 0.15) is 11.9 Å². The summed E-state index contributed by atoms with van der Waals surface area (Å²) in [4.78, 5) is 23.4. The van der Waals surface area contributed by atoms with E-state index in [-0.39, 0.29) is 11.9 Å². The molecule has 1 aromatic carbocycles. The molecular formula is C24H31N5O. The molecule has 0 N–H and O–H groups in total. The number of hydrogen-bond donors (Lipinski definition) is 0. The molecule has 1 aliphatic rings. The van der Waals surface area contributed by atoms with Crippen molar-refractivity contribution < 1.29 is 4.79 Å². The number of aryl methyl sites for hydroxylation is 1. The normalized spacial score (nSPS) is 16.3. The summed E-state index contributed by atoms with van der Waals surface area (Å²) in [6.45, 7) is 6.59. The molecule has 3 rings (SSSR count). The number of carbonyl (C=O) groups is 1. The zero-order chi connectivity index (χ0) is 21.5. The molecule has 30 heavy (non-hydrogen) atoms. The highest BCUT2D eigenvalue weighted by Crippen LogP contribution is 2.21. The summed E-state index contributed by atoms with van der Waals surface area (Å²) in [5.41, 5.74) is 2.98. The summed E-state index contributed by atoms with van der Waals surface area (Å²) in [7, 11) is 1.97. The molecule has 1 aromatic heterocycles. The number of nitrogens with zero attached hydrogens (tertiary/aromatic N) is 5. The predicted molar refractivity (Wildman–Crippen MR) is 121 cm³/mol. The number of rotatable bonds is 7. The molecule has 1 fully saturated rings. The van der Waals surface area contributed by atoms with Crippen molar-refractivity contribution in [1.29, 1.82) is 5.26 Å². The number of nitriles is 1. The number of hydrogen-bond acceptors (Lipinski definition) is 5. The molecule has 1 saturated heterocycles. The smallest absolute Gasteiger partial charge is 0.242 e. The van der Waals surface area contributed by atoms with E-state index in [1.165, 1.54) is 18.4 Å². The number of unbranched alkanes of at least 4 members (excludes halogenated alkanes) is 1. The Kier molecular flexibility index (Phi) is 7.29. The van der Waals surface area contributed by atoms with Gasteiger partial charge in [-0.25, -0.2) is 4.98 Å². The third kappa shape index (κ3) is 5.10. The topological polar surface area (TPSA) is 63.5 Å². The maximum Gasteiger partial charge on any atom is 0.242 e. The molecule has 1 amide bonds. The molecule has 0 radical (unpaired) electrons. The standard InChI is InChI=1S/C24H31N5O/c1-4-5-7-20-9-11-22(12-10-20)27(3)18-23(30)29-15-14-28(17-19(29)2)24-21(16-25)8-6-13-26-24/h6,8-13,19H,4-5,7,14-15,17-18H2,1-3H3/t19-/m1/s1. The summed E-state index contributed by atoms with van der Waals surface area (Å²) < 4.78 is 0. The minimum atomic E-state index is 0.0598. The van der Waals surface area contributed by atoms with Crippen molar-refractivity contribution in [2.75, 3.05) is 43.0 Å². The van der Waals surface area contributed by atoms with Crippen LogP contribution in [0.3, 0.4) is 0 Å². The number of pyridine rings is 1. The average Bonchev–Trinajstić information content (AvgIpc) is 2.77. The average molecular weight is 406 g/mol. The second-order valence-corrected chi connectivity index (χ2v) is 7.99. The van der Waals surface area contributed by atoms with Crippen LogP contribution in [0.5, 0.6) is 0 Å². The van der Waals surface area contributed by atoms with Crippen molar-refractivity contribution in [1.82, 2.24) is 9.88 Å². The summed E-state index contributed by atoms with van der Waals surface area (Å²) >= 11 is 0. The van der Waals surface area contributed by atoms with E-state index in [9.17, 15) is 10.1 Å². The molecule has 1 atom stereocenters. The number of aromatic nitrogens is 1. The first-order valence-corrected chi connectivity index (χ1v) is 10.7. The van der Waals surface area contributed by atoms with Gasteiger partial charge in [-0.15, -0.1) is 0 Å². The molecule has 0 aliphatic carbocycles. The first kappa shape index (κ1) is 21.6. The molecule has 158 valence electrons. The molecule has 0 spiro atoms. The van der Waals surface area contributed by atoms with Gasteiger partial charge in [0.2, 0.25) is 5.91 Å². The number of carbonyl (C=O) groups excluding carboxylic acids is 1. The Morgan fingerprint density at radius 3 is 2.70 bits per heavy atom. The van der Waals surface area contributed by atoms with Crippen molar-refractivity contribution in [3.05, 3.63) is 53.7 Å². The van der Waals surface area contributed by atoms with Crippen molar-refractivity contribution in [2.24, 2.45) is 0 Å². The van der Waals surface area contributed by atoms with Crippen molar-refractivity contribution in [3.8, 4) is 6.07 Å². The van der Waals surface area contributed by atoms with Gasteiger partial charge >= 0.3 is 0 Å². The van der Waals surface area contributed by atoms with Gasteiger partial charge in [0, 0.05) is 44.6 Å². The SMILES string of the molecule is CCCCc1ccc(N(C)CC(=O)N2CCN(c3ncccc3C#N)C[C@H]2C)cc1. The first-order chi connectivity index (χ1) is 14.5. The Morgan fingerprint density at radius 2 is 2.03 bits per heavy atom. The molecule has 1 aliphatic heterocycles. The largest absolute Gasteiger partial charge is 0.365 e. The van der Waals surface area contributed by atoms with Crippen LogP contribution in [0.4, 0.5) is 11.5 Å². The van der Waals surface area contributed by atoms with Gasteiger partial charge < -0.3 is 14.7 Å². The van der Waals surface area contributed by atoms with Gasteiger partial charge in [0.25, 0.3) is 0 Å². The first-order valence-electron chi connectivity index (χ1n) is 10.7. The van der Waals surface area contributed by atoms with E-state index in [1.54, 1.807) is 18.3 Å². The monoisotopic (exact) mass is 405 g/mol. The Balaban J connectivity index is 1.58. The van der Waals surface area contributed by atoms with Crippen LogP contribution in [0, 0.1) is 11.3 Å². The zero-order valence-electron chi connectivity index (χ0n) is 18.2. The molecule has 6 nitrogen and oxygen atoms in total. The Hall–Kier alpha value is -3.07. The number of piperazine rings is 1. The quantitative estimate of drug-likeness (QED) is 0.706. The summed E-state index contributed by atoms with van der Waals surface area (Å²) in [5, 5.41) is 9.34. The minimum absolute atomic E-state index is 0.0598. The lowest BCUT2D eigenvalue weighted by Crippen LogP contribution is -2.56. The van der Waals surface area contributed by atoms with Gasteiger partial charge in [0.05, 0.1) is 12.1 Å². The summed E-state index contributed by atoms with van der Waals surface area (Å²) in [6.07, 6.45) is 5.21. The molecular weight excluding hydrogens is 374 g/mol. The van der Waals surface area contributed by atoms with E-state index in [4.69, 9.17) is 0 Å². The van der Waals surface area contributed by atoms with Crippen molar-refractivity contribution in [3.63, 3.8) is 0 Å². The van der Waals surface area contributed by atoms with Crippen molar-refractivity contribution in [2.45, 2.75) is 39.2 Å². The van der Waals surface area contributed by atoms with E-state index in [2.05, 4.69) is 54.1 Å². The molecule has 2 heterocycles. The molecule has 2 aromatic rings. The number of anilines is 2. The zero-order valence-corrected chi connectivity index (χ0v) is 18.2. The van der Waals surface area contributed by atoms with Gasteiger partial charge in [-0.05, 0) is 49.6 Å². The van der Waals surface area contributed by atoms with Crippen LogP contribution in [-0.4, -0.2) is 55.1 Å². The maximum absolute atomic E-state index is 13.0. The Bertz CT molecular complexity index is 889. The summed E-state index contributed by atoms with van der Waals surface area (Å²) in [5.74, 6) is 0.834. The second kappa shape index (κ2) is 10.1. The lowest BCUT2D eigenvalue weighted by Gasteiger charge is -2.41. The highest BCUT2D eigenvalue weighted by Gasteiger charge is 2.29. The summed E-state index contributed by atoms with van der Waals surface area (Å²) in [6, 6.07) is 14.4. The van der Waals surface area contributed by atoms with E-state index in [0.29, 0.717) is 37.6 Å². The van der Waals surface area contributed by atoms with Crippen LogP contribution in [0.25, 0.3) is 0 Å². The molecule has 0 saturated carbocycles. The van der Waals surface area contributed by atoms with Crippen LogP contribution in [0.2, 0.25) is 0 Å². The molecule has 6 heteroatoms. The van der Waals surface area contributed by atoms with Crippen LogP contribution >= 0.6 is 0 Å². The highest BCUT2D eigenvalue weighted by atomic mass is 16.2. The Labute approximate surface area is 179 Å². The third-order valence-electron chi connectivity index (χ3n) is 5.72. The van der Waals surface area contributed by atoms with Crippen LogP contribution in [0.1, 0.15) is 37.8 Å². The number of likely N-dealkylation sites (N-methyl/N-ethyl adjacent to an activating group) is 1. The minimum Gasteiger partial charge on any atom is -0.365 e. The third-order valence-corrected chi connectivity index (χ3v) is 5.72. The fourth-order valence-electron chi connectivity index (χ4n) is 3.94. The van der Waals surface area contributed by atoms with Gasteiger partial charge in [0.15, 0.2) is 0 Å². The number of benzene rings is 1. The van der Waals surface area contributed by atoms with Gasteiger partial charge in [-0.1, -0.05) is 25.5 Å². The lowest BCUT2D eigenvalue weighted by molar-refractivity contribution is -0.132. The van der Waals surface area contributed by atoms with Crippen LogP contribution in [0.15, 0.2) is 42.6 Å². The van der Waals surface area contributed by atoms with E-state index in [0.717, 1.165) is 12.1 Å². The molecule has 0 unspecified atom stereocenters. The van der Waals surface area contributed by atoms with Gasteiger partial charge in [-0.2, -0.15) is 5.26 Å². The predicted octanol–water partition coefficient (Wildman–Crippen LogP) is 3.47. The second-order valence-electron chi connectivity index (χ2n) is 7.99. The van der Waals surface area contributed by atoms with E-state index in [1.807, 2.05) is 16.8 Å². The maximum atomic E-state index is 13.0. The van der Waals surface area contributed by atoms with Crippen molar-refractivity contribution >= 4 is 17.4 Å². The fraction of sp³-hybridized carbons (Fsp3) is 0.458. The highest BCUT2D eigenvalue weighted by molar-refractivity contribution is 5.82. The van der Waals surface area contributed by atoms with E-state index >= 15 is 0 Å². The van der Waals surface area contributed by atoms with E-state index < -0.39 is 0 Å². The van der Waals surface area contributed by atoms with Crippen LogP contribution < -0.4 is 9.80 Å². The van der Waals surface area contributed by atoms with Gasteiger partial charge in [-0.3, -0.25) is 4.79 Å².